The molecule has 0 bridgehead atoms. The molecule has 12 rings (SSSR count). The monoisotopic (exact) mass is 829 g/mol. The normalized spacial score (nSPS) is 12.0. The van der Waals surface area contributed by atoms with Gasteiger partial charge in [0.05, 0.1) is 38.7 Å². The summed E-state index contributed by atoms with van der Waals surface area (Å²) in [5.41, 5.74) is 4.19. The summed E-state index contributed by atoms with van der Waals surface area (Å²) in [6, 6.07) is 51.2. The van der Waals surface area contributed by atoms with Gasteiger partial charge in [0.1, 0.15) is 34.6 Å². The van der Waals surface area contributed by atoms with E-state index in [1.54, 1.807) is 17.0 Å². The topological polar surface area (TPSA) is 84.8 Å². The Labute approximate surface area is 355 Å². The summed E-state index contributed by atoms with van der Waals surface area (Å²) in [6.07, 6.45) is 0.528. The largest absolute Gasteiger partial charge is 0.457 e. The fourth-order valence-corrected chi connectivity index (χ4v) is 8.67. The van der Waals surface area contributed by atoms with Crippen molar-refractivity contribution in [3.63, 3.8) is 0 Å². The first kappa shape index (κ1) is 36.4. The summed E-state index contributed by atoms with van der Waals surface area (Å²) in [7, 11) is 0. The Balaban J connectivity index is 0.972. The second-order valence-electron chi connectivity index (χ2n) is 15.1. The van der Waals surface area contributed by atoms with Gasteiger partial charge in [0.2, 0.25) is 5.95 Å². The molecule has 6 aromatic heterocycles. The number of nitrogens with zero attached hydrogens (tertiary/aromatic N) is 7. The molecule has 63 heavy (non-hydrogen) atoms. The van der Waals surface area contributed by atoms with Gasteiger partial charge < -0.3 is 9.47 Å². The van der Waals surface area contributed by atoms with Crippen molar-refractivity contribution in [2.45, 2.75) is 6.18 Å². The molecule has 0 fully saturated rings. The first-order chi connectivity index (χ1) is 30.9. The lowest BCUT2D eigenvalue weighted by Gasteiger charge is -2.11. The van der Waals surface area contributed by atoms with Crippen molar-refractivity contribution in [2.24, 2.45) is 0 Å². The Morgan fingerprint density at radius 1 is 0.365 bits per heavy atom. The highest BCUT2D eigenvalue weighted by atomic mass is 19.4. The van der Waals surface area contributed by atoms with Crippen molar-refractivity contribution in [1.29, 1.82) is 0 Å². The second-order valence-corrected chi connectivity index (χ2v) is 15.1. The van der Waals surface area contributed by atoms with Crippen LogP contribution in [0.4, 0.5) is 13.2 Å². The molecule has 0 saturated heterocycles. The second kappa shape index (κ2) is 14.0. The van der Waals surface area contributed by atoms with Gasteiger partial charge in [-0.3, -0.25) is 13.7 Å². The summed E-state index contributed by atoms with van der Waals surface area (Å²) in [6.45, 7) is 0. The van der Waals surface area contributed by atoms with Gasteiger partial charge >= 0.3 is 6.18 Å². The SMILES string of the molecule is FC(F)(F)c1cnc(-n2c3cc(Oc4ccc5c6ccccc6n(-c6ccccn6)c5c4)ccc3c3ccc(Oc4ccc5c6ccccc6n(-c6ccccn6)c5c4)cc32)nc1. The Morgan fingerprint density at radius 2 is 0.730 bits per heavy atom. The van der Waals surface area contributed by atoms with Crippen molar-refractivity contribution in [3.8, 4) is 40.6 Å². The molecule has 0 spiro atoms. The van der Waals surface area contributed by atoms with Gasteiger partial charge in [0, 0.05) is 81.4 Å². The predicted molar refractivity (Wildman–Crippen MR) is 239 cm³/mol. The van der Waals surface area contributed by atoms with Gasteiger partial charge in [-0.2, -0.15) is 13.2 Å². The number of rotatable bonds is 7. The molecule has 0 N–H and O–H groups in total. The molecular formula is C51H30F3N7O2. The molecule has 0 aliphatic carbocycles. The van der Waals surface area contributed by atoms with E-state index in [0.29, 0.717) is 34.0 Å². The van der Waals surface area contributed by atoms with E-state index in [4.69, 9.17) is 9.47 Å². The van der Waals surface area contributed by atoms with E-state index < -0.39 is 11.7 Å². The maximum atomic E-state index is 13.7. The van der Waals surface area contributed by atoms with Crippen LogP contribution in [0, 0.1) is 0 Å². The quantitative estimate of drug-likeness (QED) is 0.159. The van der Waals surface area contributed by atoms with E-state index >= 15 is 0 Å². The molecule has 6 heterocycles. The lowest BCUT2D eigenvalue weighted by molar-refractivity contribution is -0.138. The zero-order valence-corrected chi connectivity index (χ0v) is 32.9. The van der Waals surface area contributed by atoms with E-state index in [1.165, 1.54) is 0 Å². The highest BCUT2D eigenvalue weighted by molar-refractivity contribution is 6.11. The fourth-order valence-electron chi connectivity index (χ4n) is 8.67. The van der Waals surface area contributed by atoms with Crippen molar-refractivity contribution in [3.05, 3.63) is 188 Å². The van der Waals surface area contributed by atoms with Crippen LogP contribution in [-0.4, -0.2) is 33.6 Å². The average molecular weight is 830 g/mol. The van der Waals surface area contributed by atoms with Gasteiger partial charge in [0.25, 0.3) is 0 Å². The third kappa shape index (κ3) is 6.02. The minimum Gasteiger partial charge on any atom is -0.457 e. The van der Waals surface area contributed by atoms with Gasteiger partial charge in [-0.25, -0.2) is 19.9 Å². The first-order valence-electron chi connectivity index (χ1n) is 20.1. The number of pyridine rings is 2. The van der Waals surface area contributed by atoms with Gasteiger partial charge in [-0.05, 0) is 84.9 Å². The molecule has 0 radical (unpaired) electrons. The molecule has 0 atom stereocenters. The number of benzene rings is 6. The lowest BCUT2D eigenvalue weighted by atomic mass is 10.1. The Hall–Kier alpha value is -8.51. The standard InChI is InChI=1S/C51H30F3N7O2/c52-51(53,54)31-29-57-50(58-30-31)61-46-27-34(62-32-15-19-38-36-9-1-3-11-42(36)59(44(38)25-32)48-13-5-7-23-55-48)17-21-40(46)41-22-18-35(28-47(41)61)63-33-16-20-39-37-10-2-4-12-43(37)60(45(39)26-33)49-14-6-8-24-56-49/h1-30H. The molecule has 9 nitrogen and oxygen atoms in total. The molecule has 12 aromatic rings. The molecule has 0 unspecified atom stereocenters. The van der Waals surface area contributed by atoms with Crippen LogP contribution in [-0.2, 0) is 6.18 Å². The fraction of sp³-hybridized carbons (Fsp3) is 0.0196. The zero-order chi connectivity index (χ0) is 42.2. The van der Waals surface area contributed by atoms with E-state index in [1.807, 2.05) is 133 Å². The van der Waals surface area contributed by atoms with Crippen LogP contribution in [0.5, 0.6) is 23.0 Å². The maximum absolute atomic E-state index is 13.7. The van der Waals surface area contributed by atoms with E-state index in [-0.39, 0.29) is 5.95 Å². The van der Waals surface area contributed by atoms with Crippen LogP contribution < -0.4 is 9.47 Å². The van der Waals surface area contributed by atoms with Crippen LogP contribution in [0.15, 0.2) is 183 Å². The zero-order valence-electron chi connectivity index (χ0n) is 32.9. The third-order valence-corrected chi connectivity index (χ3v) is 11.4. The van der Waals surface area contributed by atoms with Gasteiger partial charge in [0.15, 0.2) is 0 Å². The number of ether oxygens (including phenoxy) is 2. The number of aromatic nitrogens is 7. The van der Waals surface area contributed by atoms with E-state index in [9.17, 15) is 13.2 Å². The lowest BCUT2D eigenvalue weighted by Crippen LogP contribution is -2.08. The Kier molecular flexibility index (Phi) is 8.10. The number of halogens is 3. The van der Waals surface area contributed by atoms with Crippen molar-refractivity contribution in [1.82, 2.24) is 33.6 Å². The maximum Gasteiger partial charge on any atom is 0.419 e. The van der Waals surface area contributed by atoms with E-state index in [2.05, 4.69) is 53.3 Å². The molecule has 0 saturated carbocycles. The predicted octanol–water partition coefficient (Wildman–Crippen LogP) is 13.2. The minimum atomic E-state index is -4.60. The van der Waals surface area contributed by atoms with Crippen molar-refractivity contribution >= 4 is 65.4 Å². The molecule has 0 aliphatic heterocycles. The minimum absolute atomic E-state index is 0.0555. The molecular weight excluding hydrogens is 800 g/mol. The molecule has 6 aromatic carbocycles. The summed E-state index contributed by atoms with van der Waals surface area (Å²) < 4.78 is 60.2. The van der Waals surface area contributed by atoms with Crippen LogP contribution in [0.3, 0.4) is 0 Å². The van der Waals surface area contributed by atoms with Crippen LogP contribution >= 0.6 is 0 Å². The smallest absolute Gasteiger partial charge is 0.419 e. The summed E-state index contributed by atoms with van der Waals surface area (Å²) in [5.74, 6) is 3.80. The summed E-state index contributed by atoms with van der Waals surface area (Å²) in [5, 5.41) is 5.91. The van der Waals surface area contributed by atoms with Crippen molar-refractivity contribution < 1.29 is 22.6 Å². The first-order valence-corrected chi connectivity index (χ1v) is 20.1. The average Bonchev–Trinajstić information content (AvgIpc) is 3.94. The number of alkyl halides is 3. The molecule has 12 heteroatoms. The number of para-hydroxylation sites is 2. The number of fused-ring (bicyclic) bond motifs is 9. The Bertz CT molecular complexity index is 3510. The molecule has 302 valence electrons. The van der Waals surface area contributed by atoms with Crippen LogP contribution in [0.1, 0.15) is 5.56 Å². The van der Waals surface area contributed by atoms with Crippen LogP contribution in [0.2, 0.25) is 0 Å². The number of hydrogen-bond acceptors (Lipinski definition) is 6. The highest BCUT2D eigenvalue weighted by Crippen LogP contribution is 2.40. The third-order valence-electron chi connectivity index (χ3n) is 11.4. The summed E-state index contributed by atoms with van der Waals surface area (Å²) >= 11 is 0. The van der Waals surface area contributed by atoms with Gasteiger partial charge in [-0.1, -0.05) is 48.5 Å². The van der Waals surface area contributed by atoms with Crippen molar-refractivity contribution in [2.75, 3.05) is 0 Å². The molecule has 0 aliphatic rings. The molecule has 0 amide bonds. The van der Waals surface area contributed by atoms with Gasteiger partial charge in [-0.15, -0.1) is 0 Å². The van der Waals surface area contributed by atoms with Crippen LogP contribution in [0.25, 0.3) is 83.0 Å². The van der Waals surface area contributed by atoms with E-state index in [0.717, 1.165) is 78.4 Å². The Morgan fingerprint density at radius 3 is 1.11 bits per heavy atom. The summed E-state index contributed by atoms with van der Waals surface area (Å²) in [4.78, 5) is 17.8. The number of hydrogen-bond donors (Lipinski definition) is 0. The highest BCUT2D eigenvalue weighted by Gasteiger charge is 2.31.